The molecular weight excluding hydrogens is 164 g/mol. The van der Waals surface area contributed by atoms with Crippen LogP contribution in [0.25, 0.3) is 0 Å². The average molecular weight is 173 g/mol. The molecule has 1 aliphatic rings. The van der Waals surface area contributed by atoms with Crippen LogP contribution in [-0.2, 0) is 4.74 Å². The molecule has 0 N–H and O–H groups in total. The van der Waals surface area contributed by atoms with Crippen LogP contribution in [0.4, 0.5) is 0 Å². The van der Waals surface area contributed by atoms with Crippen LogP contribution in [0.2, 0.25) is 0 Å². The number of halogens is 1. The zero-order valence-electron chi connectivity index (χ0n) is 6.41. The molecule has 0 aliphatic carbocycles. The van der Waals surface area contributed by atoms with E-state index in [0.717, 1.165) is 0 Å². The van der Waals surface area contributed by atoms with Crippen LogP contribution in [0.1, 0.15) is 6.92 Å². The minimum atomic E-state index is -0.534. The van der Waals surface area contributed by atoms with Gasteiger partial charge >= 0.3 is 0 Å². The van der Waals surface area contributed by atoms with Gasteiger partial charge in [-0.25, -0.2) is 9.98 Å². The molecule has 0 aromatic heterocycles. The number of aliphatic imine (C=N–C) groups is 2. The average Bonchev–Trinajstić information content (AvgIpc) is 2.13. The smallest absolute Gasteiger partial charge is 0.130 e. The molecule has 0 aromatic carbocycles. The molecule has 0 spiro atoms. The van der Waals surface area contributed by atoms with Gasteiger partial charge in [0.25, 0.3) is 0 Å². The number of rotatable bonds is 1. The predicted octanol–water partition coefficient (Wildman–Crippen LogP) is 1.58. The first-order valence-corrected chi connectivity index (χ1v) is 3.54. The quantitative estimate of drug-likeness (QED) is 0.553. The van der Waals surface area contributed by atoms with Crippen LogP contribution in [-0.4, -0.2) is 25.3 Å². The van der Waals surface area contributed by atoms with E-state index < -0.39 is 5.60 Å². The van der Waals surface area contributed by atoms with Gasteiger partial charge in [0.2, 0.25) is 0 Å². The van der Waals surface area contributed by atoms with Gasteiger partial charge in [-0.3, -0.25) is 0 Å². The summed E-state index contributed by atoms with van der Waals surface area (Å²) in [5, 5.41) is 0.395. The fraction of sp³-hybridized carbons (Fsp3) is 0.429. The molecule has 4 heteroatoms. The van der Waals surface area contributed by atoms with Crippen LogP contribution in [0.5, 0.6) is 0 Å². The lowest BCUT2D eigenvalue weighted by Gasteiger charge is -2.17. The first kappa shape index (κ1) is 8.43. The molecule has 1 rings (SSSR count). The van der Waals surface area contributed by atoms with E-state index in [1.54, 1.807) is 19.4 Å². The van der Waals surface area contributed by atoms with Crippen molar-refractivity contribution in [2.45, 2.75) is 12.5 Å². The van der Waals surface area contributed by atoms with Crippen molar-refractivity contribution in [3.05, 3.63) is 11.2 Å². The van der Waals surface area contributed by atoms with Crippen LogP contribution in [0, 0.1) is 0 Å². The SMILES string of the molecule is COC1(C)C=NC=NC(Cl)=C1. The third-order valence-electron chi connectivity index (χ3n) is 1.42. The van der Waals surface area contributed by atoms with E-state index in [1.807, 2.05) is 6.92 Å². The van der Waals surface area contributed by atoms with Gasteiger partial charge in [0.1, 0.15) is 17.1 Å². The van der Waals surface area contributed by atoms with Gasteiger partial charge in [-0.2, -0.15) is 0 Å². The molecule has 1 aliphatic heterocycles. The monoisotopic (exact) mass is 172 g/mol. The molecule has 11 heavy (non-hydrogen) atoms. The Labute approximate surface area is 70.4 Å². The lowest BCUT2D eigenvalue weighted by molar-refractivity contribution is 0.111. The molecule has 0 radical (unpaired) electrons. The van der Waals surface area contributed by atoms with Crippen molar-refractivity contribution in [2.75, 3.05) is 7.11 Å². The summed E-state index contributed by atoms with van der Waals surface area (Å²) in [6.45, 7) is 1.85. The third-order valence-corrected chi connectivity index (χ3v) is 1.63. The Morgan fingerprint density at radius 2 is 2.36 bits per heavy atom. The van der Waals surface area contributed by atoms with Gasteiger partial charge in [0.15, 0.2) is 0 Å². The van der Waals surface area contributed by atoms with Crippen molar-refractivity contribution in [3.63, 3.8) is 0 Å². The van der Waals surface area contributed by atoms with E-state index in [-0.39, 0.29) is 0 Å². The zero-order valence-corrected chi connectivity index (χ0v) is 7.17. The normalized spacial score (nSPS) is 29.9. The van der Waals surface area contributed by atoms with Gasteiger partial charge in [-0.05, 0) is 13.0 Å². The number of ether oxygens (including phenoxy) is 1. The van der Waals surface area contributed by atoms with Crippen molar-refractivity contribution in [1.29, 1.82) is 0 Å². The Balaban J connectivity index is 2.92. The first-order chi connectivity index (χ1) is 5.16. The van der Waals surface area contributed by atoms with Gasteiger partial charge in [-0.15, -0.1) is 0 Å². The molecule has 0 saturated carbocycles. The van der Waals surface area contributed by atoms with Crippen LogP contribution in [0.15, 0.2) is 21.2 Å². The highest BCUT2D eigenvalue weighted by Crippen LogP contribution is 2.16. The molecular formula is C7H9ClN2O. The van der Waals surface area contributed by atoms with E-state index in [2.05, 4.69) is 9.98 Å². The summed E-state index contributed by atoms with van der Waals surface area (Å²) < 4.78 is 5.14. The van der Waals surface area contributed by atoms with E-state index >= 15 is 0 Å². The number of hydrogen-bond donors (Lipinski definition) is 0. The number of nitrogens with zero attached hydrogens (tertiary/aromatic N) is 2. The van der Waals surface area contributed by atoms with Gasteiger partial charge in [0.05, 0.1) is 0 Å². The number of methoxy groups -OCH3 is 1. The van der Waals surface area contributed by atoms with Crippen molar-refractivity contribution in [1.82, 2.24) is 0 Å². The van der Waals surface area contributed by atoms with E-state index in [4.69, 9.17) is 16.3 Å². The lowest BCUT2D eigenvalue weighted by atomic mass is 10.1. The maximum atomic E-state index is 5.69. The first-order valence-electron chi connectivity index (χ1n) is 3.17. The summed E-state index contributed by atoms with van der Waals surface area (Å²) in [7, 11) is 1.60. The molecule has 0 amide bonds. The van der Waals surface area contributed by atoms with Crippen molar-refractivity contribution in [2.24, 2.45) is 9.98 Å². The molecule has 1 atom stereocenters. The Bertz CT molecular complexity index is 235. The highest BCUT2D eigenvalue weighted by atomic mass is 35.5. The highest BCUT2D eigenvalue weighted by Gasteiger charge is 2.19. The minimum Gasteiger partial charge on any atom is -0.369 e. The summed E-state index contributed by atoms with van der Waals surface area (Å²) in [6.07, 6.45) is 4.73. The lowest BCUT2D eigenvalue weighted by Crippen LogP contribution is -2.25. The van der Waals surface area contributed by atoms with Crippen LogP contribution >= 0.6 is 11.6 Å². The van der Waals surface area contributed by atoms with E-state index in [1.165, 1.54) is 6.34 Å². The van der Waals surface area contributed by atoms with E-state index in [9.17, 15) is 0 Å². The van der Waals surface area contributed by atoms with Gasteiger partial charge in [-0.1, -0.05) is 11.6 Å². The zero-order chi connectivity index (χ0) is 8.32. The molecule has 3 nitrogen and oxygen atoms in total. The van der Waals surface area contributed by atoms with Crippen LogP contribution < -0.4 is 0 Å². The van der Waals surface area contributed by atoms with Crippen molar-refractivity contribution in [3.8, 4) is 0 Å². The second kappa shape index (κ2) is 3.15. The topological polar surface area (TPSA) is 34.0 Å². The molecule has 0 aromatic rings. The second-order valence-corrected chi connectivity index (χ2v) is 2.77. The summed E-state index contributed by atoms with van der Waals surface area (Å²) in [6, 6.07) is 0. The molecule has 0 bridgehead atoms. The predicted molar refractivity (Wildman–Crippen MR) is 46.3 cm³/mol. The summed E-state index contributed by atoms with van der Waals surface area (Å²) in [4.78, 5) is 7.66. The van der Waals surface area contributed by atoms with Gasteiger partial charge in [0, 0.05) is 13.3 Å². The fourth-order valence-corrected chi connectivity index (χ4v) is 0.953. The summed E-state index contributed by atoms with van der Waals surface area (Å²) in [5.74, 6) is 0. The molecule has 1 heterocycles. The maximum absolute atomic E-state index is 5.69. The minimum absolute atomic E-state index is 0.395. The van der Waals surface area contributed by atoms with Crippen molar-refractivity contribution >= 4 is 24.2 Å². The third kappa shape index (κ3) is 2.13. The fourth-order valence-electron chi connectivity index (χ4n) is 0.692. The molecule has 60 valence electrons. The summed E-state index contributed by atoms with van der Waals surface area (Å²) >= 11 is 5.69. The number of hydrogen-bond acceptors (Lipinski definition) is 3. The Hall–Kier alpha value is -0.670. The molecule has 0 fully saturated rings. The Morgan fingerprint density at radius 3 is 3.00 bits per heavy atom. The van der Waals surface area contributed by atoms with Crippen LogP contribution in [0.3, 0.4) is 0 Å². The summed E-state index contributed by atoms with van der Waals surface area (Å²) in [5.41, 5.74) is -0.534. The largest absolute Gasteiger partial charge is 0.369 e. The van der Waals surface area contributed by atoms with Gasteiger partial charge < -0.3 is 4.74 Å². The highest BCUT2D eigenvalue weighted by molar-refractivity contribution is 6.30. The Kier molecular flexibility index (Phi) is 2.42. The second-order valence-electron chi connectivity index (χ2n) is 2.38. The standard InChI is InChI=1S/C7H9ClN2O/c1-7(11-2)3-6(8)10-5-9-4-7/h3-5H,1-2H3. The Morgan fingerprint density at radius 1 is 1.64 bits per heavy atom. The molecule has 0 saturated heterocycles. The van der Waals surface area contributed by atoms with E-state index in [0.29, 0.717) is 5.16 Å². The maximum Gasteiger partial charge on any atom is 0.130 e. The van der Waals surface area contributed by atoms with Crippen molar-refractivity contribution < 1.29 is 4.74 Å². The molecule has 1 unspecified atom stereocenters.